The maximum Gasteiger partial charge on any atom is 0.0832 e. The van der Waals surface area contributed by atoms with Crippen LogP contribution in [0.2, 0.25) is 0 Å². The van der Waals surface area contributed by atoms with Gasteiger partial charge in [0, 0.05) is 21.3 Å². The van der Waals surface area contributed by atoms with Crippen molar-refractivity contribution in [2.75, 3.05) is 21.3 Å². The summed E-state index contributed by atoms with van der Waals surface area (Å²) in [6.07, 6.45) is 9.80. The first-order chi connectivity index (χ1) is 9.22. The Morgan fingerprint density at radius 3 is 1.32 bits per heavy atom. The molecule has 4 nitrogen and oxygen atoms in total. The Morgan fingerprint density at radius 2 is 1.00 bits per heavy atom. The number of methoxy groups -OCH3 is 3. The molecule has 1 N–H and O–H groups in total. The second kappa shape index (κ2) is 9.70. The van der Waals surface area contributed by atoms with Crippen LogP contribution < -0.4 is 0 Å². The molecule has 2 rings (SSSR count). The number of aliphatic hydroxyl groups excluding tert-OH is 1. The Labute approximate surface area is 117 Å². The first-order valence-corrected chi connectivity index (χ1v) is 7.49. The van der Waals surface area contributed by atoms with E-state index in [2.05, 4.69) is 0 Å². The molecule has 0 amide bonds. The normalized spacial score (nSPS) is 35.4. The van der Waals surface area contributed by atoms with E-state index in [0.29, 0.717) is 12.2 Å². The lowest BCUT2D eigenvalue weighted by Crippen LogP contribution is -2.32. The monoisotopic (exact) mass is 274 g/mol. The molecule has 0 heterocycles. The van der Waals surface area contributed by atoms with Gasteiger partial charge >= 0.3 is 0 Å². The quantitative estimate of drug-likeness (QED) is 0.859. The van der Waals surface area contributed by atoms with Gasteiger partial charge in [-0.25, -0.2) is 0 Å². The summed E-state index contributed by atoms with van der Waals surface area (Å²) in [7, 11) is 5.20. The molecular weight excluding hydrogens is 244 g/mol. The predicted molar refractivity (Wildman–Crippen MR) is 75.3 cm³/mol. The van der Waals surface area contributed by atoms with Crippen molar-refractivity contribution in [3.05, 3.63) is 0 Å². The molecule has 0 aromatic carbocycles. The summed E-state index contributed by atoms with van der Waals surface area (Å²) in [6, 6.07) is 0. The van der Waals surface area contributed by atoms with E-state index in [1.54, 1.807) is 21.3 Å². The minimum absolute atomic E-state index is 0.110. The molecule has 0 aromatic rings. The first kappa shape index (κ1) is 16.9. The largest absolute Gasteiger partial charge is 0.390 e. The van der Waals surface area contributed by atoms with Crippen molar-refractivity contribution < 1.29 is 19.3 Å². The van der Waals surface area contributed by atoms with Crippen LogP contribution in [0.1, 0.15) is 51.4 Å². The van der Waals surface area contributed by atoms with Crippen LogP contribution in [0.3, 0.4) is 0 Å². The number of rotatable bonds is 3. The highest BCUT2D eigenvalue weighted by Crippen LogP contribution is 2.22. The van der Waals surface area contributed by atoms with Crippen molar-refractivity contribution in [2.45, 2.75) is 75.8 Å². The Morgan fingerprint density at radius 1 is 0.632 bits per heavy atom. The maximum absolute atomic E-state index is 9.24. The van der Waals surface area contributed by atoms with E-state index in [1.807, 2.05) is 0 Å². The molecule has 2 aliphatic carbocycles. The van der Waals surface area contributed by atoms with Crippen molar-refractivity contribution in [1.82, 2.24) is 0 Å². The van der Waals surface area contributed by atoms with E-state index in [9.17, 15) is 5.11 Å². The highest BCUT2D eigenvalue weighted by Gasteiger charge is 2.24. The zero-order valence-electron chi connectivity index (χ0n) is 12.6. The summed E-state index contributed by atoms with van der Waals surface area (Å²) in [5.41, 5.74) is 0. The molecule has 2 saturated carbocycles. The van der Waals surface area contributed by atoms with Crippen LogP contribution in [0.5, 0.6) is 0 Å². The average molecular weight is 274 g/mol. The first-order valence-electron chi connectivity index (χ1n) is 7.49. The van der Waals surface area contributed by atoms with E-state index in [0.717, 1.165) is 32.1 Å². The van der Waals surface area contributed by atoms with E-state index in [1.165, 1.54) is 19.3 Å². The number of hydrogen-bond acceptors (Lipinski definition) is 4. The van der Waals surface area contributed by atoms with E-state index >= 15 is 0 Å². The molecule has 0 unspecified atom stereocenters. The highest BCUT2D eigenvalue weighted by molar-refractivity contribution is 4.75. The zero-order valence-corrected chi connectivity index (χ0v) is 12.6. The maximum atomic E-state index is 9.24. The standard InChI is InChI=1S/C8H16O2.C7H14O2/c1-9-7-5-3-4-6-8(7)10-2;1-9-7-5-3-2-4-6(7)8/h7-8H,3-6H2,1-2H3;6-8H,2-5H2,1H3/t7-,8+;6-,7+/m.0/s1. The van der Waals surface area contributed by atoms with E-state index < -0.39 is 0 Å². The van der Waals surface area contributed by atoms with Crippen LogP contribution in [-0.2, 0) is 14.2 Å². The number of hydrogen-bond donors (Lipinski definition) is 1. The second-order valence-electron chi connectivity index (χ2n) is 5.46. The third kappa shape index (κ3) is 5.78. The molecule has 0 saturated heterocycles. The molecule has 0 aliphatic heterocycles. The predicted octanol–water partition coefficient (Wildman–Crippen LogP) is 2.53. The highest BCUT2D eigenvalue weighted by atomic mass is 16.5. The lowest BCUT2D eigenvalue weighted by Gasteiger charge is -2.28. The van der Waals surface area contributed by atoms with Crippen molar-refractivity contribution in [3.8, 4) is 0 Å². The van der Waals surface area contributed by atoms with Gasteiger partial charge in [0.15, 0.2) is 0 Å². The molecule has 0 spiro atoms. The SMILES string of the molecule is CO[C@@H]1CCCC[C@@H]1O.CO[C@H]1CCCC[C@H]1OC. The van der Waals surface area contributed by atoms with Crippen molar-refractivity contribution >= 4 is 0 Å². The molecule has 2 aliphatic rings. The molecule has 4 atom stereocenters. The average Bonchev–Trinajstić information content (AvgIpc) is 2.48. The number of ether oxygens (including phenoxy) is 3. The minimum Gasteiger partial charge on any atom is -0.390 e. The van der Waals surface area contributed by atoms with Gasteiger partial charge < -0.3 is 19.3 Å². The number of aliphatic hydroxyl groups is 1. The Kier molecular flexibility index (Phi) is 8.62. The van der Waals surface area contributed by atoms with Crippen LogP contribution >= 0.6 is 0 Å². The van der Waals surface area contributed by atoms with E-state index in [4.69, 9.17) is 14.2 Å². The van der Waals surface area contributed by atoms with Gasteiger partial charge in [-0.2, -0.15) is 0 Å². The Hall–Kier alpha value is -0.160. The molecule has 4 heteroatoms. The van der Waals surface area contributed by atoms with Gasteiger partial charge in [-0.1, -0.05) is 25.7 Å². The van der Waals surface area contributed by atoms with Crippen LogP contribution in [0, 0.1) is 0 Å². The van der Waals surface area contributed by atoms with Gasteiger partial charge in [-0.05, 0) is 25.7 Å². The zero-order chi connectivity index (χ0) is 14.1. The van der Waals surface area contributed by atoms with Gasteiger partial charge in [0.25, 0.3) is 0 Å². The Balaban J connectivity index is 0.000000191. The molecule has 114 valence electrons. The molecule has 0 bridgehead atoms. The fourth-order valence-corrected chi connectivity index (χ4v) is 2.95. The molecule has 2 fully saturated rings. The summed E-state index contributed by atoms with van der Waals surface area (Å²) < 4.78 is 15.6. The van der Waals surface area contributed by atoms with Gasteiger partial charge in [-0.15, -0.1) is 0 Å². The van der Waals surface area contributed by atoms with Gasteiger partial charge in [0.05, 0.1) is 24.4 Å². The fraction of sp³-hybridized carbons (Fsp3) is 1.00. The van der Waals surface area contributed by atoms with Crippen LogP contribution in [-0.4, -0.2) is 50.9 Å². The van der Waals surface area contributed by atoms with Crippen molar-refractivity contribution in [2.24, 2.45) is 0 Å². The minimum atomic E-state index is -0.205. The third-order valence-electron chi connectivity index (χ3n) is 4.22. The summed E-state index contributed by atoms with van der Waals surface area (Å²) in [5, 5.41) is 9.24. The third-order valence-corrected chi connectivity index (χ3v) is 4.22. The summed E-state index contributed by atoms with van der Waals surface area (Å²) >= 11 is 0. The van der Waals surface area contributed by atoms with Crippen LogP contribution in [0.25, 0.3) is 0 Å². The molecule has 0 aromatic heterocycles. The van der Waals surface area contributed by atoms with Crippen molar-refractivity contribution in [3.63, 3.8) is 0 Å². The van der Waals surface area contributed by atoms with Crippen LogP contribution in [0.4, 0.5) is 0 Å². The fourth-order valence-electron chi connectivity index (χ4n) is 2.95. The van der Waals surface area contributed by atoms with Crippen LogP contribution in [0.15, 0.2) is 0 Å². The molecular formula is C15H30O4. The second-order valence-corrected chi connectivity index (χ2v) is 5.46. The lowest BCUT2D eigenvalue weighted by atomic mass is 9.95. The van der Waals surface area contributed by atoms with Gasteiger partial charge in [-0.3, -0.25) is 0 Å². The summed E-state index contributed by atoms with van der Waals surface area (Å²) in [4.78, 5) is 0. The smallest absolute Gasteiger partial charge is 0.0832 e. The molecule has 19 heavy (non-hydrogen) atoms. The summed E-state index contributed by atoms with van der Waals surface area (Å²) in [6.45, 7) is 0. The van der Waals surface area contributed by atoms with Gasteiger partial charge in [0.2, 0.25) is 0 Å². The van der Waals surface area contributed by atoms with Gasteiger partial charge in [0.1, 0.15) is 0 Å². The van der Waals surface area contributed by atoms with E-state index in [-0.39, 0.29) is 12.2 Å². The summed E-state index contributed by atoms with van der Waals surface area (Å²) in [5.74, 6) is 0. The topological polar surface area (TPSA) is 47.9 Å². The van der Waals surface area contributed by atoms with Crippen molar-refractivity contribution in [1.29, 1.82) is 0 Å². The Bertz CT molecular complexity index is 210. The molecule has 0 radical (unpaired) electrons. The lowest BCUT2D eigenvalue weighted by molar-refractivity contribution is -0.0577.